The maximum absolute atomic E-state index is 6.71. The van der Waals surface area contributed by atoms with Gasteiger partial charge in [0.2, 0.25) is 12.6 Å². The molecule has 16 rings (SSSR count). The number of hydrogen-bond donors (Lipinski definition) is 0. The molecule has 0 radical (unpaired) electrons. The van der Waals surface area contributed by atoms with Crippen LogP contribution in [0.15, 0.2) is 72.8 Å². The summed E-state index contributed by atoms with van der Waals surface area (Å²) in [6.45, 7) is 17.9. The Kier molecular flexibility index (Phi) is 19.9. The van der Waals surface area contributed by atoms with Gasteiger partial charge in [0.1, 0.15) is 17.2 Å². The number of benzene rings is 3. The Labute approximate surface area is 499 Å². The van der Waals surface area contributed by atoms with Gasteiger partial charge in [-0.2, -0.15) is 0 Å². The summed E-state index contributed by atoms with van der Waals surface area (Å²) in [5.74, 6) is 13.6. The highest BCUT2D eigenvalue weighted by atomic mass is 16.7. The van der Waals surface area contributed by atoms with Crippen molar-refractivity contribution in [1.29, 1.82) is 0 Å². The zero-order valence-corrected chi connectivity index (χ0v) is 53.2. The fraction of sp³-hybridized carbons (Fsp3) is 0.763. The normalized spacial score (nSPS) is 35.0. The van der Waals surface area contributed by atoms with Crippen molar-refractivity contribution >= 4 is 0 Å². The van der Waals surface area contributed by atoms with Crippen LogP contribution in [0.25, 0.3) is 0 Å². The number of rotatable bonds is 23. The Morgan fingerprint density at radius 3 is 0.951 bits per heavy atom. The first-order chi connectivity index (χ1) is 39.6. The monoisotopic (exact) mass is 1120 g/mol. The van der Waals surface area contributed by atoms with Gasteiger partial charge in [0.05, 0.1) is 12.2 Å². The third kappa shape index (κ3) is 15.2. The van der Waals surface area contributed by atoms with Crippen molar-refractivity contribution in [2.24, 2.45) is 69.5 Å². The van der Waals surface area contributed by atoms with E-state index in [0.717, 1.165) is 89.8 Å². The molecule has 13 saturated carbocycles. The average Bonchev–Trinajstić information content (AvgIpc) is 3.61. The van der Waals surface area contributed by atoms with Crippen LogP contribution in [0.2, 0.25) is 0 Å². The molecule has 0 heterocycles. The molecule has 454 valence electrons. The number of ether oxygens (including phenoxy) is 6. The van der Waals surface area contributed by atoms with Gasteiger partial charge in [-0.3, -0.25) is 0 Å². The van der Waals surface area contributed by atoms with E-state index in [2.05, 4.69) is 128 Å². The topological polar surface area (TPSA) is 55.4 Å². The minimum Gasteiger partial charge on any atom is -0.465 e. The molecule has 13 aliphatic rings. The summed E-state index contributed by atoms with van der Waals surface area (Å²) < 4.78 is 38.0. The molecule has 6 nitrogen and oxygen atoms in total. The minimum absolute atomic E-state index is 0.0706. The van der Waals surface area contributed by atoms with E-state index >= 15 is 0 Å². The Hall–Kier alpha value is -3.06. The van der Waals surface area contributed by atoms with E-state index in [1.807, 2.05) is 0 Å². The third-order valence-corrected chi connectivity index (χ3v) is 23.9. The van der Waals surface area contributed by atoms with Gasteiger partial charge in [-0.05, 0) is 302 Å². The number of methoxy groups -OCH3 is 1. The van der Waals surface area contributed by atoms with Gasteiger partial charge in [0.15, 0.2) is 6.29 Å². The molecule has 13 aliphatic carbocycles. The van der Waals surface area contributed by atoms with Crippen molar-refractivity contribution in [3.63, 3.8) is 0 Å². The van der Waals surface area contributed by atoms with E-state index in [0.29, 0.717) is 40.1 Å². The zero-order valence-electron chi connectivity index (χ0n) is 53.2. The molecular weight excluding hydrogens is 1010 g/mol. The summed E-state index contributed by atoms with van der Waals surface area (Å²) in [5, 5.41) is 0. The summed E-state index contributed by atoms with van der Waals surface area (Å²) >= 11 is 0. The molecule has 6 unspecified atom stereocenters. The summed E-state index contributed by atoms with van der Waals surface area (Å²) in [6.07, 6.45) is 39.8. The summed E-state index contributed by atoms with van der Waals surface area (Å²) in [5.41, 5.74) is 5.66. The Balaban J connectivity index is 0.000000130. The van der Waals surface area contributed by atoms with E-state index < -0.39 is 0 Å². The molecule has 82 heavy (non-hydrogen) atoms. The van der Waals surface area contributed by atoms with Crippen LogP contribution in [0.3, 0.4) is 0 Å². The van der Waals surface area contributed by atoms with Crippen LogP contribution in [0.4, 0.5) is 0 Å². The van der Waals surface area contributed by atoms with E-state index in [1.54, 1.807) is 7.11 Å². The molecule has 12 bridgehead atoms. The van der Waals surface area contributed by atoms with Crippen LogP contribution in [0.1, 0.15) is 276 Å². The van der Waals surface area contributed by atoms with Crippen molar-refractivity contribution in [2.45, 2.75) is 290 Å². The zero-order chi connectivity index (χ0) is 57.0. The fourth-order valence-corrected chi connectivity index (χ4v) is 20.6. The second kappa shape index (κ2) is 26.9. The average molecular weight is 1120 g/mol. The van der Waals surface area contributed by atoms with Crippen LogP contribution in [0.5, 0.6) is 17.2 Å². The standard InChI is InChI=1S/C28H42O2.C25H38O2.C23H34O2/c1-3-20(2)24-9-11-26(12-10-24)30-27(29-25-7-5-4-6-8-25)19-28-16-21-13-22(17-28)15-23(14-21)18-28;1-5-18(4)22-6-8-23(9-7-22)27-24(26-17(2)3)16-25-13-19-10-20(14-25)12-21(11-19)15-25;1-4-16(2)20-5-7-21(8-6-20)25-22(24-3)15-23-12-17-9-18(13-23)11-19(10-17)14-23/h9-12,20-23,25,27H,3-8,13-19H2,1-2H3;6-9,17-21,24H,5,10-16H2,1-4H3;5-8,16-19,22H,4,9-15H2,1-3H3. The first kappa shape index (κ1) is 60.6. The predicted molar refractivity (Wildman–Crippen MR) is 336 cm³/mol. The van der Waals surface area contributed by atoms with Gasteiger partial charge >= 0.3 is 0 Å². The maximum atomic E-state index is 6.71. The quantitative estimate of drug-likeness (QED) is 0.0882. The van der Waals surface area contributed by atoms with Crippen LogP contribution in [0, 0.1) is 69.5 Å². The van der Waals surface area contributed by atoms with Gasteiger partial charge in [0, 0.05) is 26.4 Å². The Morgan fingerprint density at radius 1 is 0.378 bits per heavy atom. The van der Waals surface area contributed by atoms with Crippen LogP contribution < -0.4 is 14.2 Å². The summed E-state index contributed by atoms with van der Waals surface area (Å²) in [4.78, 5) is 0. The highest BCUT2D eigenvalue weighted by Gasteiger charge is 2.54. The lowest BCUT2D eigenvalue weighted by molar-refractivity contribution is -0.169. The first-order valence-electron chi connectivity index (χ1n) is 34.8. The minimum atomic E-state index is -0.115. The van der Waals surface area contributed by atoms with Gasteiger partial charge < -0.3 is 28.4 Å². The van der Waals surface area contributed by atoms with Crippen molar-refractivity contribution < 1.29 is 28.4 Å². The molecule has 0 amide bonds. The SMILES string of the molecule is CCC(C)c1ccc(OC(CC23CC4CC(CC(C4)C2)C3)OC(C)C)cc1.CCC(C)c1ccc(OC(CC23CC4CC(CC(C4)C2)C3)OC)cc1.CCC(C)c1ccc(OC(CC23CC4CC(CC(C4)C2)C3)OC2CCCCC2)cc1. The molecule has 0 aromatic heterocycles. The Morgan fingerprint density at radius 2 is 0.659 bits per heavy atom. The van der Waals surface area contributed by atoms with Gasteiger partial charge in [-0.15, -0.1) is 0 Å². The van der Waals surface area contributed by atoms with Crippen molar-refractivity contribution in [3.05, 3.63) is 89.5 Å². The second-order valence-corrected chi connectivity index (χ2v) is 31.0. The fourth-order valence-electron chi connectivity index (χ4n) is 20.6. The molecule has 3 aromatic carbocycles. The molecule has 13 fully saturated rings. The van der Waals surface area contributed by atoms with Crippen LogP contribution in [-0.4, -0.2) is 38.2 Å². The van der Waals surface area contributed by atoms with Gasteiger partial charge in [0.25, 0.3) is 0 Å². The molecule has 0 aliphatic heterocycles. The molecule has 0 spiro atoms. The first-order valence-corrected chi connectivity index (χ1v) is 34.8. The molecule has 3 aromatic rings. The molecular formula is C76H114O6. The Bertz CT molecular complexity index is 2310. The lowest BCUT2D eigenvalue weighted by Crippen LogP contribution is -2.48. The highest BCUT2D eigenvalue weighted by molar-refractivity contribution is 5.31. The van der Waals surface area contributed by atoms with E-state index in [1.165, 1.54) is 184 Å². The molecule has 0 saturated heterocycles. The number of hydrogen-bond acceptors (Lipinski definition) is 6. The molecule has 0 N–H and O–H groups in total. The lowest BCUT2D eigenvalue weighted by atomic mass is 9.49. The van der Waals surface area contributed by atoms with Gasteiger partial charge in [-0.1, -0.05) is 97.2 Å². The lowest BCUT2D eigenvalue weighted by Gasteiger charge is -2.57. The highest BCUT2D eigenvalue weighted by Crippen LogP contribution is 2.64. The van der Waals surface area contributed by atoms with Crippen LogP contribution >= 0.6 is 0 Å². The van der Waals surface area contributed by atoms with Crippen molar-refractivity contribution in [1.82, 2.24) is 0 Å². The smallest absolute Gasteiger partial charge is 0.200 e. The van der Waals surface area contributed by atoms with E-state index in [4.69, 9.17) is 28.4 Å². The van der Waals surface area contributed by atoms with Crippen LogP contribution in [-0.2, 0) is 14.2 Å². The molecule has 6 heteroatoms. The molecule has 6 atom stereocenters. The second-order valence-electron chi connectivity index (χ2n) is 31.0. The van der Waals surface area contributed by atoms with Crippen molar-refractivity contribution in [3.8, 4) is 17.2 Å². The van der Waals surface area contributed by atoms with E-state index in [9.17, 15) is 0 Å². The summed E-state index contributed by atoms with van der Waals surface area (Å²) in [6, 6.07) is 26.2. The van der Waals surface area contributed by atoms with Gasteiger partial charge in [-0.25, -0.2) is 0 Å². The largest absolute Gasteiger partial charge is 0.465 e. The predicted octanol–water partition coefficient (Wildman–Crippen LogP) is 21.0. The van der Waals surface area contributed by atoms with Crippen molar-refractivity contribution in [2.75, 3.05) is 7.11 Å². The van der Waals surface area contributed by atoms with E-state index in [-0.39, 0.29) is 25.0 Å². The third-order valence-electron chi connectivity index (χ3n) is 23.9. The summed E-state index contributed by atoms with van der Waals surface area (Å²) in [7, 11) is 1.80. The maximum Gasteiger partial charge on any atom is 0.200 e.